The first kappa shape index (κ1) is 15.5. The van der Waals surface area contributed by atoms with Crippen molar-refractivity contribution >= 4 is 35.1 Å². The molecule has 0 aliphatic rings. The molecular formula is C18H13ClN2OS. The quantitative estimate of drug-likeness (QED) is 0.536. The fourth-order valence-electron chi connectivity index (χ4n) is 2.06. The van der Waals surface area contributed by atoms with Crippen LogP contribution in [0, 0.1) is 0 Å². The lowest BCUT2D eigenvalue weighted by Gasteiger charge is -2.03. The minimum absolute atomic E-state index is 0.247. The highest BCUT2D eigenvalue weighted by Gasteiger charge is 2.04. The molecule has 3 rings (SSSR count). The number of amides is 1. The summed E-state index contributed by atoms with van der Waals surface area (Å²) in [6.45, 7) is 0. The van der Waals surface area contributed by atoms with E-state index >= 15 is 0 Å². The third kappa shape index (κ3) is 4.06. The predicted molar refractivity (Wildman–Crippen MR) is 96.3 cm³/mol. The lowest BCUT2D eigenvalue weighted by molar-refractivity contribution is 0.0955. The molecule has 0 spiro atoms. The van der Waals surface area contributed by atoms with Crippen molar-refractivity contribution in [3.8, 4) is 11.1 Å². The predicted octanol–water partition coefficient (Wildman–Crippen LogP) is 4.83. The molecule has 0 aliphatic heterocycles. The molecule has 0 unspecified atom stereocenters. The molecule has 3 aromatic rings. The van der Waals surface area contributed by atoms with Crippen LogP contribution < -0.4 is 5.43 Å². The number of benzene rings is 2. The number of nitrogens with zero attached hydrogens (tertiary/aromatic N) is 1. The first-order chi connectivity index (χ1) is 11.2. The molecular weight excluding hydrogens is 328 g/mol. The highest BCUT2D eigenvalue weighted by Crippen LogP contribution is 2.20. The molecule has 0 aliphatic carbocycles. The van der Waals surface area contributed by atoms with E-state index in [-0.39, 0.29) is 5.91 Å². The van der Waals surface area contributed by atoms with Crippen LogP contribution in [-0.4, -0.2) is 12.1 Å². The molecule has 0 fully saturated rings. The Balaban J connectivity index is 1.65. The maximum Gasteiger partial charge on any atom is 0.271 e. The molecule has 0 radical (unpaired) electrons. The third-order valence-electron chi connectivity index (χ3n) is 3.21. The average molecular weight is 341 g/mol. The van der Waals surface area contributed by atoms with Gasteiger partial charge in [-0.05, 0) is 35.4 Å². The average Bonchev–Trinajstić information content (AvgIpc) is 3.01. The van der Waals surface area contributed by atoms with Crippen LogP contribution in [0.25, 0.3) is 11.1 Å². The first-order valence-electron chi connectivity index (χ1n) is 6.96. The van der Waals surface area contributed by atoms with Gasteiger partial charge in [-0.3, -0.25) is 4.79 Å². The van der Waals surface area contributed by atoms with Gasteiger partial charge in [-0.15, -0.1) is 11.3 Å². The van der Waals surface area contributed by atoms with Gasteiger partial charge in [-0.25, -0.2) is 5.43 Å². The molecule has 1 N–H and O–H groups in total. The number of nitrogens with one attached hydrogen (secondary N) is 1. The van der Waals surface area contributed by atoms with E-state index in [1.165, 1.54) is 11.3 Å². The summed E-state index contributed by atoms with van der Waals surface area (Å²) in [4.78, 5) is 12.9. The number of carbonyl (C=O) groups excluding carboxylic acids is 1. The highest BCUT2D eigenvalue weighted by molar-refractivity contribution is 7.17. The zero-order chi connectivity index (χ0) is 16.1. The molecule has 5 heteroatoms. The van der Waals surface area contributed by atoms with Crippen molar-refractivity contribution in [2.75, 3.05) is 0 Å². The van der Waals surface area contributed by atoms with E-state index in [1.807, 2.05) is 48.5 Å². The Labute approximate surface area is 143 Å². The van der Waals surface area contributed by atoms with Gasteiger partial charge in [-0.2, -0.15) is 5.10 Å². The van der Waals surface area contributed by atoms with E-state index in [0.29, 0.717) is 9.90 Å². The SMILES string of the molecule is O=C(NN=Cc1ccc(Cl)s1)c1ccc(-c2ccccc2)cc1. The molecule has 1 aromatic heterocycles. The largest absolute Gasteiger partial charge is 0.271 e. The second-order valence-electron chi connectivity index (χ2n) is 4.78. The minimum atomic E-state index is -0.247. The molecule has 2 aromatic carbocycles. The van der Waals surface area contributed by atoms with E-state index < -0.39 is 0 Å². The van der Waals surface area contributed by atoms with Crippen LogP contribution >= 0.6 is 22.9 Å². The van der Waals surface area contributed by atoms with Crippen molar-refractivity contribution in [2.45, 2.75) is 0 Å². The van der Waals surface area contributed by atoms with Crippen molar-refractivity contribution in [1.29, 1.82) is 0 Å². The lowest BCUT2D eigenvalue weighted by Crippen LogP contribution is -2.17. The first-order valence-corrected chi connectivity index (χ1v) is 8.16. The minimum Gasteiger partial charge on any atom is -0.267 e. The van der Waals surface area contributed by atoms with Crippen LogP contribution in [0.5, 0.6) is 0 Å². The van der Waals surface area contributed by atoms with Crippen LogP contribution in [0.1, 0.15) is 15.2 Å². The molecule has 0 saturated heterocycles. The Bertz CT molecular complexity index is 826. The van der Waals surface area contributed by atoms with Crippen LogP contribution in [0.4, 0.5) is 0 Å². The Morgan fingerprint density at radius 1 is 0.957 bits per heavy atom. The number of hydrazone groups is 1. The summed E-state index contributed by atoms with van der Waals surface area (Å²) >= 11 is 7.23. The summed E-state index contributed by atoms with van der Waals surface area (Å²) in [6.07, 6.45) is 1.58. The molecule has 0 bridgehead atoms. The third-order valence-corrected chi connectivity index (χ3v) is 4.37. The lowest BCUT2D eigenvalue weighted by atomic mass is 10.0. The normalized spacial score (nSPS) is 10.8. The Morgan fingerprint density at radius 2 is 1.65 bits per heavy atom. The van der Waals surface area contributed by atoms with E-state index in [2.05, 4.69) is 10.5 Å². The van der Waals surface area contributed by atoms with Crippen molar-refractivity contribution in [3.05, 3.63) is 81.5 Å². The summed E-state index contributed by atoms with van der Waals surface area (Å²) in [6, 6.07) is 21.1. The van der Waals surface area contributed by atoms with Crippen LogP contribution in [0.15, 0.2) is 71.8 Å². The summed E-state index contributed by atoms with van der Waals surface area (Å²) in [5, 5.41) is 3.94. The van der Waals surface area contributed by atoms with Crippen LogP contribution in [0.3, 0.4) is 0 Å². The van der Waals surface area contributed by atoms with Gasteiger partial charge in [0.25, 0.3) is 5.91 Å². The zero-order valence-electron chi connectivity index (χ0n) is 12.1. The van der Waals surface area contributed by atoms with E-state index in [1.54, 1.807) is 24.4 Å². The number of hydrogen-bond acceptors (Lipinski definition) is 3. The molecule has 3 nitrogen and oxygen atoms in total. The number of carbonyl (C=O) groups is 1. The maximum absolute atomic E-state index is 12.0. The second kappa shape index (κ2) is 7.22. The van der Waals surface area contributed by atoms with Gasteiger partial charge >= 0.3 is 0 Å². The van der Waals surface area contributed by atoms with Gasteiger partial charge < -0.3 is 0 Å². The summed E-state index contributed by atoms with van der Waals surface area (Å²) in [7, 11) is 0. The summed E-state index contributed by atoms with van der Waals surface area (Å²) < 4.78 is 0.689. The van der Waals surface area contributed by atoms with Gasteiger partial charge in [-0.1, -0.05) is 54.1 Å². The maximum atomic E-state index is 12.0. The smallest absolute Gasteiger partial charge is 0.267 e. The van der Waals surface area contributed by atoms with Crippen molar-refractivity contribution in [3.63, 3.8) is 0 Å². The Morgan fingerprint density at radius 3 is 2.30 bits per heavy atom. The van der Waals surface area contributed by atoms with Crippen LogP contribution in [0.2, 0.25) is 4.34 Å². The molecule has 1 heterocycles. The second-order valence-corrected chi connectivity index (χ2v) is 6.53. The molecule has 1 amide bonds. The number of halogens is 1. The van der Waals surface area contributed by atoms with Gasteiger partial charge in [0.2, 0.25) is 0 Å². The fourth-order valence-corrected chi connectivity index (χ4v) is 2.99. The monoisotopic (exact) mass is 340 g/mol. The topological polar surface area (TPSA) is 41.5 Å². The van der Waals surface area contributed by atoms with Gasteiger partial charge in [0, 0.05) is 10.4 Å². The Hall–Kier alpha value is -2.43. The van der Waals surface area contributed by atoms with Crippen molar-refractivity contribution in [1.82, 2.24) is 5.43 Å². The summed E-state index contributed by atoms with van der Waals surface area (Å²) in [5.41, 5.74) is 5.26. The highest BCUT2D eigenvalue weighted by atomic mass is 35.5. The van der Waals surface area contributed by atoms with Gasteiger partial charge in [0.1, 0.15) is 0 Å². The van der Waals surface area contributed by atoms with E-state index in [9.17, 15) is 4.79 Å². The molecule has 23 heavy (non-hydrogen) atoms. The molecule has 0 saturated carbocycles. The Kier molecular flexibility index (Phi) is 4.86. The zero-order valence-corrected chi connectivity index (χ0v) is 13.6. The van der Waals surface area contributed by atoms with Gasteiger partial charge in [0.15, 0.2) is 0 Å². The van der Waals surface area contributed by atoms with Crippen molar-refractivity contribution in [2.24, 2.45) is 5.10 Å². The standard InChI is InChI=1S/C18H13ClN2OS/c19-17-11-10-16(23-17)12-20-21-18(22)15-8-6-14(7-9-15)13-4-2-1-3-5-13/h1-12H,(H,21,22). The van der Waals surface area contributed by atoms with E-state index in [4.69, 9.17) is 11.6 Å². The molecule has 114 valence electrons. The van der Waals surface area contributed by atoms with Crippen molar-refractivity contribution < 1.29 is 4.79 Å². The number of hydrogen-bond donors (Lipinski definition) is 1. The van der Waals surface area contributed by atoms with Crippen LogP contribution in [-0.2, 0) is 0 Å². The summed E-state index contributed by atoms with van der Waals surface area (Å²) in [5.74, 6) is -0.247. The van der Waals surface area contributed by atoms with Gasteiger partial charge in [0.05, 0.1) is 10.6 Å². The fraction of sp³-hybridized carbons (Fsp3) is 0. The molecule has 0 atom stereocenters. The number of thiophene rings is 1. The number of rotatable bonds is 4. The van der Waals surface area contributed by atoms with E-state index in [0.717, 1.165) is 16.0 Å².